The number of phosphoric ester groups is 2. The first-order valence-corrected chi connectivity index (χ1v) is 39.7. The minimum atomic E-state index is -4.95. The summed E-state index contributed by atoms with van der Waals surface area (Å²) in [5.41, 5.74) is 0. The lowest BCUT2D eigenvalue weighted by molar-refractivity contribution is -0.161. The van der Waals surface area contributed by atoms with Gasteiger partial charge in [-0.15, -0.1) is 0 Å². The first-order valence-electron chi connectivity index (χ1n) is 36.7. The average Bonchev–Trinajstić information content (AvgIpc) is 2.77. The van der Waals surface area contributed by atoms with Gasteiger partial charge in [0.1, 0.15) is 19.3 Å². The van der Waals surface area contributed by atoms with Gasteiger partial charge in [0, 0.05) is 25.7 Å². The molecule has 6 atom stereocenters. The maximum Gasteiger partial charge on any atom is 0.472 e. The number of ether oxygens (including phenoxy) is 4. The predicted octanol–water partition coefficient (Wildman–Crippen LogP) is 20.1. The number of phosphoric acid groups is 2. The van der Waals surface area contributed by atoms with Crippen molar-refractivity contribution in [2.24, 2.45) is 23.7 Å². The van der Waals surface area contributed by atoms with Crippen LogP contribution in [-0.4, -0.2) is 96.7 Å². The number of rotatable bonds is 68. The molecule has 0 heterocycles. The Bertz CT molecular complexity index is 1780. The van der Waals surface area contributed by atoms with Crippen molar-refractivity contribution in [1.82, 2.24) is 0 Å². The van der Waals surface area contributed by atoms with E-state index in [1.54, 1.807) is 0 Å². The van der Waals surface area contributed by atoms with E-state index < -0.39 is 97.5 Å². The molecule has 19 heteroatoms. The van der Waals surface area contributed by atoms with E-state index in [0.29, 0.717) is 31.6 Å². The molecule has 0 aliphatic rings. The van der Waals surface area contributed by atoms with E-state index in [1.165, 1.54) is 154 Å². The molecule has 0 fully saturated rings. The van der Waals surface area contributed by atoms with E-state index in [-0.39, 0.29) is 25.7 Å². The van der Waals surface area contributed by atoms with E-state index in [1.807, 2.05) is 0 Å². The summed E-state index contributed by atoms with van der Waals surface area (Å²) in [4.78, 5) is 72.5. The molecule has 17 nitrogen and oxygen atoms in total. The molecule has 90 heavy (non-hydrogen) atoms. The third kappa shape index (κ3) is 63.5. The van der Waals surface area contributed by atoms with Crippen LogP contribution in [0.3, 0.4) is 0 Å². The Balaban J connectivity index is 5.20. The topological polar surface area (TPSA) is 237 Å². The monoisotopic (exact) mass is 1320 g/mol. The molecule has 0 saturated carbocycles. The minimum absolute atomic E-state index is 0.102. The maximum atomic E-state index is 13.0. The van der Waals surface area contributed by atoms with Crippen LogP contribution in [0.5, 0.6) is 0 Å². The van der Waals surface area contributed by atoms with Gasteiger partial charge in [0.25, 0.3) is 0 Å². The highest BCUT2D eigenvalue weighted by atomic mass is 31.2. The van der Waals surface area contributed by atoms with Gasteiger partial charge in [0.15, 0.2) is 12.2 Å². The largest absolute Gasteiger partial charge is 0.472 e. The highest BCUT2D eigenvalue weighted by molar-refractivity contribution is 7.47. The van der Waals surface area contributed by atoms with Crippen LogP contribution < -0.4 is 0 Å². The lowest BCUT2D eigenvalue weighted by Crippen LogP contribution is -2.30. The van der Waals surface area contributed by atoms with Crippen LogP contribution in [0.4, 0.5) is 0 Å². The number of carbonyl (C=O) groups is 4. The summed E-state index contributed by atoms with van der Waals surface area (Å²) in [7, 11) is -9.90. The number of aliphatic hydroxyl groups is 1. The molecule has 0 radical (unpaired) electrons. The van der Waals surface area contributed by atoms with Gasteiger partial charge in [-0.05, 0) is 49.4 Å². The van der Waals surface area contributed by atoms with Crippen molar-refractivity contribution in [3.05, 3.63) is 0 Å². The van der Waals surface area contributed by atoms with Gasteiger partial charge in [-0.2, -0.15) is 0 Å². The number of aliphatic hydroxyl groups excluding tert-OH is 1. The Morgan fingerprint density at radius 2 is 0.533 bits per heavy atom. The smallest absolute Gasteiger partial charge is 0.462 e. The summed E-state index contributed by atoms with van der Waals surface area (Å²) in [5.74, 6) is 0.858. The highest BCUT2D eigenvalue weighted by Crippen LogP contribution is 2.45. The summed E-state index contributed by atoms with van der Waals surface area (Å²) in [6.07, 6.45) is 43.2. The van der Waals surface area contributed by atoms with Gasteiger partial charge in [-0.25, -0.2) is 9.13 Å². The third-order valence-corrected chi connectivity index (χ3v) is 18.6. The van der Waals surface area contributed by atoms with E-state index in [2.05, 4.69) is 55.4 Å². The Kier molecular flexibility index (Phi) is 59.4. The van der Waals surface area contributed by atoms with Gasteiger partial charge in [0.05, 0.1) is 26.4 Å². The minimum Gasteiger partial charge on any atom is -0.462 e. The quantitative estimate of drug-likeness (QED) is 0.0222. The fraction of sp³-hybridized carbons (Fsp3) is 0.944. The fourth-order valence-electron chi connectivity index (χ4n) is 10.6. The SMILES string of the molecule is CCC(C)CCCCCCCCCCCCCCCCC(=O)OC[C@H](COP(=O)(O)OCC(O)COP(=O)(O)OC[C@@H](COC(=O)CCCCCCCCCCC(C)C)OC(=O)CCCCCCCCCC(C)C)OC(=O)CCCCCCCCCCC(C)C. The van der Waals surface area contributed by atoms with Crippen LogP contribution in [0.2, 0.25) is 0 Å². The summed E-state index contributed by atoms with van der Waals surface area (Å²) < 4.78 is 68.3. The Labute approximate surface area is 549 Å². The van der Waals surface area contributed by atoms with Crippen LogP contribution in [0.15, 0.2) is 0 Å². The van der Waals surface area contributed by atoms with Crippen LogP contribution >= 0.6 is 15.6 Å². The van der Waals surface area contributed by atoms with Crippen LogP contribution in [0.25, 0.3) is 0 Å². The molecule has 0 aromatic rings. The summed E-state index contributed by atoms with van der Waals surface area (Å²) in [6.45, 7) is 14.1. The lowest BCUT2D eigenvalue weighted by atomic mass is 9.99. The van der Waals surface area contributed by atoms with Gasteiger partial charge in [-0.1, -0.05) is 299 Å². The van der Waals surface area contributed by atoms with E-state index >= 15 is 0 Å². The summed E-state index contributed by atoms with van der Waals surface area (Å²) >= 11 is 0. The second-order valence-corrected chi connectivity index (χ2v) is 30.2. The van der Waals surface area contributed by atoms with Crippen LogP contribution in [-0.2, 0) is 65.4 Å². The standard InChI is InChI=1S/C71H138O17P2/c1-9-64(8)50-42-34-26-16-14-12-10-11-13-15-17-27-35-43-51-68(73)81-57-66(87-70(75)53-45-37-29-21-19-24-32-40-48-62(4)5)59-85-89(77,78)83-55-65(72)56-84-90(79,80)86-60-67(88-71(76)54-46-38-30-22-25-33-41-49-63(6)7)58-82-69(74)52-44-36-28-20-18-23-31-39-47-61(2)3/h61-67,72H,9-60H2,1-8H3,(H,77,78)(H,79,80)/t64?,65?,66-,67-/m1/s1. The molecule has 0 aromatic heterocycles. The molecule has 0 bridgehead atoms. The van der Waals surface area contributed by atoms with Gasteiger partial charge < -0.3 is 33.8 Å². The third-order valence-electron chi connectivity index (χ3n) is 16.7. The first kappa shape index (κ1) is 88.1. The van der Waals surface area contributed by atoms with Crippen molar-refractivity contribution in [3.8, 4) is 0 Å². The normalized spacial score (nSPS) is 14.6. The van der Waals surface area contributed by atoms with Crippen molar-refractivity contribution in [3.63, 3.8) is 0 Å². The van der Waals surface area contributed by atoms with Gasteiger partial charge >= 0.3 is 39.5 Å². The number of hydrogen-bond donors (Lipinski definition) is 3. The van der Waals surface area contributed by atoms with Crippen molar-refractivity contribution < 1.29 is 80.2 Å². The molecular formula is C71H138O17P2. The average molecular weight is 1330 g/mol. The zero-order valence-electron chi connectivity index (χ0n) is 58.8. The number of carbonyl (C=O) groups excluding carboxylic acids is 4. The molecular weight excluding hydrogens is 1190 g/mol. The Hall–Kier alpha value is -1.94. The molecule has 0 saturated heterocycles. The lowest BCUT2D eigenvalue weighted by Gasteiger charge is -2.21. The molecule has 0 aliphatic heterocycles. The molecule has 0 rings (SSSR count). The van der Waals surface area contributed by atoms with Crippen molar-refractivity contribution in [2.45, 2.75) is 369 Å². The Morgan fingerprint density at radius 1 is 0.311 bits per heavy atom. The van der Waals surface area contributed by atoms with E-state index in [4.69, 9.17) is 37.0 Å². The molecule has 0 aliphatic carbocycles. The predicted molar refractivity (Wildman–Crippen MR) is 363 cm³/mol. The fourth-order valence-corrected chi connectivity index (χ4v) is 12.2. The highest BCUT2D eigenvalue weighted by Gasteiger charge is 2.30. The van der Waals surface area contributed by atoms with Gasteiger partial charge in [-0.3, -0.25) is 37.3 Å². The molecule has 0 spiro atoms. The van der Waals surface area contributed by atoms with Crippen molar-refractivity contribution >= 4 is 39.5 Å². The van der Waals surface area contributed by atoms with E-state index in [9.17, 15) is 43.2 Å². The number of hydrogen-bond acceptors (Lipinski definition) is 15. The van der Waals surface area contributed by atoms with Crippen molar-refractivity contribution in [2.75, 3.05) is 39.6 Å². The second-order valence-electron chi connectivity index (χ2n) is 27.3. The molecule has 4 unspecified atom stereocenters. The molecule has 0 amide bonds. The second kappa shape index (κ2) is 60.7. The zero-order valence-corrected chi connectivity index (χ0v) is 60.6. The maximum absolute atomic E-state index is 13.0. The number of esters is 4. The molecule has 3 N–H and O–H groups in total. The van der Waals surface area contributed by atoms with Gasteiger partial charge in [0.2, 0.25) is 0 Å². The van der Waals surface area contributed by atoms with E-state index in [0.717, 1.165) is 108 Å². The number of unbranched alkanes of at least 4 members (excludes halogenated alkanes) is 33. The first-order chi connectivity index (χ1) is 43.1. The van der Waals surface area contributed by atoms with Crippen molar-refractivity contribution in [1.29, 1.82) is 0 Å². The zero-order chi connectivity index (χ0) is 66.8. The van der Waals surface area contributed by atoms with Crippen LogP contribution in [0.1, 0.15) is 351 Å². The summed E-state index contributed by atoms with van der Waals surface area (Å²) in [6, 6.07) is 0. The molecule has 0 aromatic carbocycles. The van der Waals surface area contributed by atoms with Crippen LogP contribution in [0, 0.1) is 23.7 Å². The summed E-state index contributed by atoms with van der Waals surface area (Å²) in [5, 5.41) is 10.6. The molecule has 534 valence electrons. The Morgan fingerprint density at radius 3 is 0.789 bits per heavy atom.